The summed E-state index contributed by atoms with van der Waals surface area (Å²) >= 11 is 3.48. The van der Waals surface area contributed by atoms with Crippen molar-refractivity contribution in [2.24, 2.45) is 5.73 Å². The molecule has 0 bridgehead atoms. The van der Waals surface area contributed by atoms with Gasteiger partial charge in [0.25, 0.3) is 0 Å². The third-order valence-corrected chi connectivity index (χ3v) is 2.54. The van der Waals surface area contributed by atoms with Crippen molar-refractivity contribution in [3.8, 4) is 5.75 Å². The van der Waals surface area contributed by atoms with Gasteiger partial charge < -0.3 is 10.5 Å². The highest BCUT2D eigenvalue weighted by molar-refractivity contribution is 9.10. The Morgan fingerprint density at radius 1 is 1.54 bits per heavy atom. The summed E-state index contributed by atoms with van der Waals surface area (Å²) in [5, 5.41) is 0. The van der Waals surface area contributed by atoms with Gasteiger partial charge in [-0.1, -0.05) is 22.0 Å². The number of nitrogens with two attached hydrogens (primary N) is 1. The summed E-state index contributed by atoms with van der Waals surface area (Å²) < 4.78 is 6.15. The zero-order chi connectivity index (χ0) is 9.84. The molecule has 0 saturated carbocycles. The molecule has 2 N–H and O–H groups in total. The first-order valence-electron chi connectivity index (χ1n) is 4.21. The number of ether oxygens (including phenoxy) is 1. The first-order valence-corrected chi connectivity index (χ1v) is 5.00. The fourth-order valence-electron chi connectivity index (χ4n) is 1.17. The summed E-state index contributed by atoms with van der Waals surface area (Å²) in [6.07, 6.45) is 0.880. The molecule has 72 valence electrons. The quantitative estimate of drug-likeness (QED) is 0.885. The molecule has 0 spiro atoms. The van der Waals surface area contributed by atoms with Crippen LogP contribution in [0.25, 0.3) is 0 Å². The van der Waals surface area contributed by atoms with E-state index >= 15 is 0 Å². The van der Waals surface area contributed by atoms with E-state index in [1.165, 1.54) is 5.56 Å². The van der Waals surface area contributed by atoms with Crippen LogP contribution < -0.4 is 10.5 Å². The summed E-state index contributed by atoms with van der Waals surface area (Å²) in [6.45, 7) is 2.00. The van der Waals surface area contributed by atoms with Crippen LogP contribution in [0, 0.1) is 0 Å². The molecule has 0 heterocycles. The van der Waals surface area contributed by atoms with Gasteiger partial charge in [-0.3, -0.25) is 0 Å². The van der Waals surface area contributed by atoms with Crippen LogP contribution in [0.5, 0.6) is 5.75 Å². The lowest BCUT2D eigenvalue weighted by Gasteiger charge is -2.08. The molecule has 0 radical (unpaired) electrons. The summed E-state index contributed by atoms with van der Waals surface area (Å²) in [5.74, 6) is 0.861. The highest BCUT2D eigenvalue weighted by Gasteiger charge is 2.03. The second-order valence-electron chi connectivity index (χ2n) is 3.14. The molecule has 0 fully saturated rings. The Morgan fingerprint density at radius 3 is 2.69 bits per heavy atom. The number of benzene rings is 1. The monoisotopic (exact) mass is 243 g/mol. The third-order valence-electron chi connectivity index (χ3n) is 1.80. The van der Waals surface area contributed by atoms with E-state index in [1.54, 1.807) is 7.11 Å². The van der Waals surface area contributed by atoms with Crippen molar-refractivity contribution in [3.63, 3.8) is 0 Å². The number of hydrogen-bond donors (Lipinski definition) is 1. The van der Waals surface area contributed by atoms with E-state index in [0.29, 0.717) is 0 Å². The van der Waals surface area contributed by atoms with Gasteiger partial charge in [0.1, 0.15) is 5.75 Å². The van der Waals surface area contributed by atoms with Crippen molar-refractivity contribution in [1.29, 1.82) is 0 Å². The van der Waals surface area contributed by atoms with Gasteiger partial charge in [-0.05, 0) is 31.0 Å². The van der Waals surface area contributed by atoms with E-state index in [4.69, 9.17) is 10.5 Å². The molecular weight excluding hydrogens is 230 g/mol. The van der Waals surface area contributed by atoms with Gasteiger partial charge in [0.15, 0.2) is 0 Å². The lowest BCUT2D eigenvalue weighted by Crippen LogP contribution is -2.17. The minimum absolute atomic E-state index is 0.185. The second-order valence-corrected chi connectivity index (χ2v) is 3.99. The van der Waals surface area contributed by atoms with Crippen molar-refractivity contribution in [2.75, 3.05) is 7.11 Å². The highest BCUT2D eigenvalue weighted by Crippen LogP contribution is 2.23. The molecule has 0 saturated heterocycles. The summed E-state index contributed by atoms with van der Waals surface area (Å²) in [4.78, 5) is 0. The maximum atomic E-state index is 5.71. The fourth-order valence-corrected chi connectivity index (χ4v) is 1.69. The molecule has 0 aliphatic rings. The van der Waals surface area contributed by atoms with E-state index in [0.717, 1.165) is 16.6 Å². The summed E-state index contributed by atoms with van der Waals surface area (Å²) in [7, 11) is 1.66. The number of rotatable bonds is 3. The normalized spacial score (nSPS) is 12.6. The molecular formula is C10H14BrNO. The predicted octanol–water partition coefficient (Wildman–Crippen LogP) is 2.35. The van der Waals surface area contributed by atoms with Crippen LogP contribution in [0.2, 0.25) is 0 Å². The SMILES string of the molecule is COc1ccc(C[C@@H](C)N)c(Br)c1. The van der Waals surface area contributed by atoms with Gasteiger partial charge in [0.05, 0.1) is 7.11 Å². The van der Waals surface area contributed by atoms with Gasteiger partial charge in [-0.15, -0.1) is 0 Å². The minimum atomic E-state index is 0.185. The van der Waals surface area contributed by atoms with Crippen LogP contribution in [0.3, 0.4) is 0 Å². The van der Waals surface area contributed by atoms with E-state index < -0.39 is 0 Å². The van der Waals surface area contributed by atoms with Crippen molar-refractivity contribution >= 4 is 15.9 Å². The zero-order valence-corrected chi connectivity index (χ0v) is 9.47. The molecule has 3 heteroatoms. The first kappa shape index (κ1) is 10.5. The van der Waals surface area contributed by atoms with E-state index in [-0.39, 0.29) is 6.04 Å². The average molecular weight is 244 g/mol. The van der Waals surface area contributed by atoms with E-state index in [1.807, 2.05) is 25.1 Å². The third kappa shape index (κ3) is 3.01. The Labute approximate surface area is 87.2 Å². The van der Waals surface area contributed by atoms with Gasteiger partial charge >= 0.3 is 0 Å². The van der Waals surface area contributed by atoms with Crippen LogP contribution in [0.1, 0.15) is 12.5 Å². The maximum absolute atomic E-state index is 5.71. The average Bonchev–Trinajstić information content (AvgIpc) is 2.08. The number of hydrogen-bond acceptors (Lipinski definition) is 2. The smallest absolute Gasteiger partial charge is 0.120 e. The second kappa shape index (κ2) is 4.63. The Hall–Kier alpha value is -0.540. The van der Waals surface area contributed by atoms with Crippen molar-refractivity contribution in [2.45, 2.75) is 19.4 Å². The van der Waals surface area contributed by atoms with Gasteiger partial charge in [0, 0.05) is 10.5 Å². The van der Waals surface area contributed by atoms with Crippen molar-refractivity contribution in [3.05, 3.63) is 28.2 Å². The molecule has 13 heavy (non-hydrogen) atoms. The van der Waals surface area contributed by atoms with Crippen molar-refractivity contribution < 1.29 is 4.74 Å². The van der Waals surface area contributed by atoms with Crippen molar-refractivity contribution in [1.82, 2.24) is 0 Å². The van der Waals surface area contributed by atoms with Gasteiger partial charge in [0.2, 0.25) is 0 Å². The fraction of sp³-hybridized carbons (Fsp3) is 0.400. The van der Waals surface area contributed by atoms with E-state index in [2.05, 4.69) is 15.9 Å². The van der Waals surface area contributed by atoms with Gasteiger partial charge in [-0.25, -0.2) is 0 Å². The minimum Gasteiger partial charge on any atom is -0.497 e. The number of halogens is 1. The number of methoxy groups -OCH3 is 1. The maximum Gasteiger partial charge on any atom is 0.120 e. The van der Waals surface area contributed by atoms with Crippen LogP contribution >= 0.6 is 15.9 Å². The molecule has 2 nitrogen and oxygen atoms in total. The topological polar surface area (TPSA) is 35.2 Å². The van der Waals surface area contributed by atoms with Crippen LogP contribution in [-0.2, 0) is 6.42 Å². The molecule has 0 amide bonds. The molecule has 0 aliphatic carbocycles. The van der Waals surface area contributed by atoms with Crippen LogP contribution in [0.4, 0.5) is 0 Å². The molecule has 1 aromatic carbocycles. The summed E-state index contributed by atoms with van der Waals surface area (Å²) in [6, 6.07) is 6.12. The largest absolute Gasteiger partial charge is 0.497 e. The van der Waals surface area contributed by atoms with Crippen LogP contribution in [0.15, 0.2) is 22.7 Å². The molecule has 0 aromatic heterocycles. The molecule has 1 atom stereocenters. The molecule has 0 aliphatic heterocycles. The molecule has 1 aromatic rings. The standard InChI is InChI=1S/C10H14BrNO/c1-7(12)5-8-3-4-9(13-2)6-10(8)11/h3-4,6-7H,5,12H2,1-2H3/t7-/m1/s1. The Kier molecular flexibility index (Phi) is 3.75. The summed E-state index contributed by atoms with van der Waals surface area (Å²) in [5.41, 5.74) is 6.93. The Bertz CT molecular complexity index is 286. The zero-order valence-electron chi connectivity index (χ0n) is 7.88. The molecule has 0 unspecified atom stereocenters. The Balaban J connectivity index is 2.85. The lowest BCUT2D eigenvalue weighted by atomic mass is 10.1. The highest BCUT2D eigenvalue weighted by atomic mass is 79.9. The predicted molar refractivity (Wildman–Crippen MR) is 58.0 cm³/mol. The first-order chi connectivity index (χ1) is 6.13. The molecule has 1 rings (SSSR count). The van der Waals surface area contributed by atoms with E-state index in [9.17, 15) is 0 Å². The van der Waals surface area contributed by atoms with Gasteiger partial charge in [-0.2, -0.15) is 0 Å². The van der Waals surface area contributed by atoms with Crippen LogP contribution in [-0.4, -0.2) is 13.2 Å². The Morgan fingerprint density at radius 2 is 2.23 bits per heavy atom. The lowest BCUT2D eigenvalue weighted by molar-refractivity contribution is 0.414.